The van der Waals surface area contributed by atoms with Crippen molar-refractivity contribution in [2.45, 2.75) is 51.9 Å². The Labute approximate surface area is 101 Å². The topological polar surface area (TPSA) is 24.1 Å². The fraction of sp³-hybridized carbons (Fsp3) is 1.00. The average molecular weight is 224 g/mol. The molecule has 2 fully saturated rings. The molecule has 0 bridgehead atoms. The lowest BCUT2D eigenvalue weighted by molar-refractivity contribution is 0.266. The van der Waals surface area contributed by atoms with Gasteiger partial charge in [0.05, 0.1) is 0 Å². The first-order valence-electron chi connectivity index (χ1n) is 7.26. The summed E-state index contributed by atoms with van der Waals surface area (Å²) in [5.41, 5.74) is 0.661. The molecule has 1 aliphatic carbocycles. The molecule has 1 atom stereocenters. The van der Waals surface area contributed by atoms with Crippen LogP contribution in [0.25, 0.3) is 0 Å². The Kier molecular flexibility index (Phi) is 4.66. The first-order valence-corrected chi connectivity index (χ1v) is 7.26. The van der Waals surface area contributed by atoms with Crippen molar-refractivity contribution in [3.63, 3.8) is 0 Å². The summed E-state index contributed by atoms with van der Waals surface area (Å²) in [7, 11) is 0. The molecule has 16 heavy (non-hydrogen) atoms. The second-order valence-corrected chi connectivity index (χ2v) is 5.88. The van der Waals surface area contributed by atoms with Gasteiger partial charge < -0.3 is 10.6 Å². The summed E-state index contributed by atoms with van der Waals surface area (Å²) in [6.45, 7) is 7.36. The predicted molar refractivity (Wildman–Crippen MR) is 69.7 cm³/mol. The van der Waals surface area contributed by atoms with Gasteiger partial charge in [-0.2, -0.15) is 0 Å². The van der Waals surface area contributed by atoms with E-state index < -0.39 is 0 Å². The molecule has 0 aromatic heterocycles. The molecule has 1 saturated carbocycles. The molecule has 2 aliphatic rings. The third kappa shape index (κ3) is 3.21. The maximum Gasteiger partial charge on any atom is 0.000770 e. The molecule has 0 aromatic carbocycles. The summed E-state index contributed by atoms with van der Waals surface area (Å²) in [4.78, 5) is 0. The molecule has 1 saturated heterocycles. The van der Waals surface area contributed by atoms with Crippen LogP contribution in [-0.4, -0.2) is 26.2 Å². The largest absolute Gasteiger partial charge is 0.316 e. The maximum atomic E-state index is 3.72. The van der Waals surface area contributed by atoms with E-state index in [4.69, 9.17) is 0 Å². The molecule has 1 heterocycles. The highest BCUT2D eigenvalue weighted by atomic mass is 14.9. The minimum Gasteiger partial charge on any atom is -0.316 e. The molecule has 2 heteroatoms. The van der Waals surface area contributed by atoms with Crippen LogP contribution < -0.4 is 10.6 Å². The molecule has 94 valence electrons. The number of hydrogen-bond acceptors (Lipinski definition) is 2. The zero-order valence-electron chi connectivity index (χ0n) is 10.9. The highest BCUT2D eigenvalue weighted by molar-refractivity contribution is 4.85. The molecule has 2 N–H and O–H groups in total. The first kappa shape index (κ1) is 12.4. The van der Waals surface area contributed by atoms with E-state index in [9.17, 15) is 0 Å². The van der Waals surface area contributed by atoms with Gasteiger partial charge >= 0.3 is 0 Å². The smallest absolute Gasteiger partial charge is 0.000770 e. The van der Waals surface area contributed by atoms with Gasteiger partial charge in [0.15, 0.2) is 0 Å². The van der Waals surface area contributed by atoms with Crippen molar-refractivity contribution in [3.05, 3.63) is 0 Å². The molecule has 0 spiro atoms. The zero-order chi connectivity index (χ0) is 11.3. The summed E-state index contributed by atoms with van der Waals surface area (Å²) in [6, 6.07) is 0. The van der Waals surface area contributed by atoms with Crippen LogP contribution in [0.15, 0.2) is 0 Å². The van der Waals surface area contributed by atoms with Gasteiger partial charge in [-0.3, -0.25) is 0 Å². The molecule has 0 radical (unpaired) electrons. The fourth-order valence-electron chi connectivity index (χ4n) is 3.40. The standard InChI is InChI=1S/C14H28N2/c1-2-14(7-3-4-8-14)12-16-10-6-13-5-9-15-11-13/h13,15-16H,2-12H2,1H3. The van der Waals surface area contributed by atoms with Crippen molar-refractivity contribution in [1.82, 2.24) is 10.6 Å². The Morgan fingerprint density at radius 2 is 2.12 bits per heavy atom. The minimum absolute atomic E-state index is 0.661. The van der Waals surface area contributed by atoms with Crippen molar-refractivity contribution in [3.8, 4) is 0 Å². The summed E-state index contributed by atoms with van der Waals surface area (Å²) >= 11 is 0. The quantitative estimate of drug-likeness (QED) is 0.678. The summed E-state index contributed by atoms with van der Waals surface area (Å²) in [6.07, 6.45) is 9.96. The molecule has 1 aliphatic heterocycles. The van der Waals surface area contributed by atoms with Gasteiger partial charge in [0.2, 0.25) is 0 Å². The summed E-state index contributed by atoms with van der Waals surface area (Å²) in [5.74, 6) is 0.939. The molecule has 2 rings (SSSR count). The lowest BCUT2D eigenvalue weighted by Crippen LogP contribution is -2.32. The molecule has 2 nitrogen and oxygen atoms in total. The van der Waals surface area contributed by atoms with Crippen LogP contribution in [0, 0.1) is 11.3 Å². The molecule has 1 unspecified atom stereocenters. The van der Waals surface area contributed by atoms with Crippen LogP contribution in [0.2, 0.25) is 0 Å². The van der Waals surface area contributed by atoms with Gasteiger partial charge in [0.1, 0.15) is 0 Å². The van der Waals surface area contributed by atoms with Crippen LogP contribution in [0.3, 0.4) is 0 Å². The SMILES string of the molecule is CCC1(CNCCC2CCNC2)CCCC1. The number of hydrogen-bond donors (Lipinski definition) is 2. The Bertz CT molecular complexity index is 191. The fourth-order valence-corrected chi connectivity index (χ4v) is 3.40. The van der Waals surface area contributed by atoms with E-state index in [1.807, 2.05) is 0 Å². The monoisotopic (exact) mass is 224 g/mol. The number of nitrogens with one attached hydrogen (secondary N) is 2. The van der Waals surface area contributed by atoms with E-state index in [1.165, 1.54) is 71.1 Å². The maximum absolute atomic E-state index is 3.72. The zero-order valence-corrected chi connectivity index (χ0v) is 10.9. The van der Waals surface area contributed by atoms with Crippen LogP contribution in [-0.2, 0) is 0 Å². The summed E-state index contributed by atoms with van der Waals surface area (Å²) in [5, 5.41) is 7.16. The Morgan fingerprint density at radius 3 is 2.75 bits per heavy atom. The van der Waals surface area contributed by atoms with E-state index in [1.54, 1.807) is 0 Å². The molecule has 0 aromatic rings. The van der Waals surface area contributed by atoms with Crippen LogP contribution in [0.1, 0.15) is 51.9 Å². The van der Waals surface area contributed by atoms with Crippen molar-refractivity contribution < 1.29 is 0 Å². The van der Waals surface area contributed by atoms with Crippen molar-refractivity contribution >= 4 is 0 Å². The average Bonchev–Trinajstić information content (AvgIpc) is 2.97. The normalized spacial score (nSPS) is 28.7. The van der Waals surface area contributed by atoms with Gasteiger partial charge in [0, 0.05) is 6.54 Å². The van der Waals surface area contributed by atoms with E-state index in [2.05, 4.69) is 17.6 Å². The minimum atomic E-state index is 0.661. The van der Waals surface area contributed by atoms with Gasteiger partial charge in [-0.25, -0.2) is 0 Å². The van der Waals surface area contributed by atoms with Crippen molar-refractivity contribution in [1.29, 1.82) is 0 Å². The van der Waals surface area contributed by atoms with E-state index >= 15 is 0 Å². The van der Waals surface area contributed by atoms with E-state index in [-0.39, 0.29) is 0 Å². The second kappa shape index (κ2) is 6.02. The van der Waals surface area contributed by atoms with Gasteiger partial charge in [-0.1, -0.05) is 19.8 Å². The van der Waals surface area contributed by atoms with Crippen LogP contribution in [0.4, 0.5) is 0 Å². The Balaban J connectivity index is 1.59. The van der Waals surface area contributed by atoms with E-state index in [0.717, 1.165) is 5.92 Å². The van der Waals surface area contributed by atoms with Crippen LogP contribution >= 0.6 is 0 Å². The second-order valence-electron chi connectivity index (χ2n) is 5.88. The Hall–Kier alpha value is -0.0800. The lowest BCUT2D eigenvalue weighted by Gasteiger charge is -2.28. The highest BCUT2D eigenvalue weighted by Crippen LogP contribution is 2.40. The van der Waals surface area contributed by atoms with Crippen molar-refractivity contribution in [2.24, 2.45) is 11.3 Å². The Morgan fingerprint density at radius 1 is 1.31 bits per heavy atom. The number of rotatable bonds is 6. The molecular formula is C14H28N2. The highest BCUT2D eigenvalue weighted by Gasteiger charge is 2.31. The third-order valence-corrected chi connectivity index (χ3v) is 4.81. The van der Waals surface area contributed by atoms with Gasteiger partial charge in [-0.05, 0) is 63.1 Å². The van der Waals surface area contributed by atoms with Gasteiger partial charge in [0.25, 0.3) is 0 Å². The molecular weight excluding hydrogens is 196 g/mol. The van der Waals surface area contributed by atoms with Crippen LogP contribution in [0.5, 0.6) is 0 Å². The lowest BCUT2D eigenvalue weighted by atomic mass is 9.83. The predicted octanol–water partition coefficient (Wildman–Crippen LogP) is 2.55. The molecule has 0 amide bonds. The van der Waals surface area contributed by atoms with Gasteiger partial charge in [-0.15, -0.1) is 0 Å². The third-order valence-electron chi connectivity index (χ3n) is 4.81. The van der Waals surface area contributed by atoms with E-state index in [0.29, 0.717) is 5.41 Å². The van der Waals surface area contributed by atoms with Crippen molar-refractivity contribution in [2.75, 3.05) is 26.2 Å². The first-order chi connectivity index (χ1) is 7.85. The summed E-state index contributed by atoms with van der Waals surface area (Å²) < 4.78 is 0.